The lowest BCUT2D eigenvalue weighted by Crippen LogP contribution is -2.48. The third kappa shape index (κ3) is 5.46. The number of para-hydroxylation sites is 2. The summed E-state index contributed by atoms with van der Waals surface area (Å²) in [6.45, 7) is 1.50. The molecule has 1 saturated heterocycles. The predicted octanol–water partition coefficient (Wildman–Crippen LogP) is 5.16. The van der Waals surface area contributed by atoms with Crippen molar-refractivity contribution >= 4 is 34.6 Å². The van der Waals surface area contributed by atoms with Crippen LogP contribution in [0, 0.1) is 5.92 Å². The van der Waals surface area contributed by atoms with Crippen molar-refractivity contribution < 1.29 is 9.59 Å². The smallest absolute Gasteiger partial charge is 0.251 e. The highest BCUT2D eigenvalue weighted by atomic mass is 32.2. The van der Waals surface area contributed by atoms with Gasteiger partial charge in [0.1, 0.15) is 0 Å². The first-order chi connectivity index (χ1) is 16.7. The molecule has 0 atom stereocenters. The number of benzene rings is 2. The molecule has 34 heavy (non-hydrogen) atoms. The van der Waals surface area contributed by atoms with Gasteiger partial charge in [0.05, 0.1) is 11.0 Å². The summed E-state index contributed by atoms with van der Waals surface area (Å²) >= 11 is 1.66. The number of fused-ring (bicyclic) bond motifs is 1. The largest absolute Gasteiger partial charge is 0.349 e. The van der Waals surface area contributed by atoms with Gasteiger partial charge in [0.25, 0.3) is 5.91 Å². The highest BCUT2D eigenvalue weighted by Gasteiger charge is 2.29. The number of imidazole rings is 1. The molecule has 1 saturated carbocycles. The van der Waals surface area contributed by atoms with Gasteiger partial charge in [-0.1, -0.05) is 55.3 Å². The summed E-state index contributed by atoms with van der Waals surface area (Å²) in [5, 5.41) is 4.07. The second-order valence-corrected chi connectivity index (χ2v) is 10.4. The zero-order valence-electron chi connectivity index (χ0n) is 19.5. The number of aromatic amines is 1. The van der Waals surface area contributed by atoms with Crippen LogP contribution in [0.15, 0.2) is 53.7 Å². The van der Waals surface area contributed by atoms with Crippen molar-refractivity contribution in [1.82, 2.24) is 20.2 Å². The highest BCUT2D eigenvalue weighted by molar-refractivity contribution is 7.98. The van der Waals surface area contributed by atoms with E-state index in [1.807, 2.05) is 53.4 Å². The maximum atomic E-state index is 12.8. The average molecular weight is 477 g/mol. The van der Waals surface area contributed by atoms with Gasteiger partial charge in [0, 0.05) is 36.4 Å². The molecule has 0 unspecified atom stereocenters. The highest BCUT2D eigenvalue weighted by Crippen LogP contribution is 2.27. The van der Waals surface area contributed by atoms with Gasteiger partial charge in [0.2, 0.25) is 5.91 Å². The summed E-state index contributed by atoms with van der Waals surface area (Å²) in [4.78, 5) is 35.5. The van der Waals surface area contributed by atoms with Crippen LogP contribution in [-0.4, -0.2) is 45.8 Å². The molecule has 1 aliphatic heterocycles. The Balaban J connectivity index is 1.08. The number of hydrogen-bond donors (Lipinski definition) is 2. The lowest BCUT2D eigenvalue weighted by Gasteiger charge is -2.35. The molecule has 0 bridgehead atoms. The summed E-state index contributed by atoms with van der Waals surface area (Å²) in [5.41, 5.74) is 3.84. The van der Waals surface area contributed by atoms with Crippen LogP contribution in [0.5, 0.6) is 0 Å². The summed E-state index contributed by atoms with van der Waals surface area (Å²) in [6.07, 6.45) is 7.37. The summed E-state index contributed by atoms with van der Waals surface area (Å²) in [6, 6.07) is 16.0. The van der Waals surface area contributed by atoms with E-state index >= 15 is 0 Å². The number of likely N-dealkylation sites (tertiary alicyclic amines) is 1. The second kappa shape index (κ2) is 10.6. The molecule has 2 aliphatic rings. The van der Waals surface area contributed by atoms with E-state index in [4.69, 9.17) is 0 Å². The minimum atomic E-state index is -0.0338. The fraction of sp³-hybridized carbons (Fsp3) is 0.444. The van der Waals surface area contributed by atoms with E-state index in [-0.39, 0.29) is 17.9 Å². The number of carbonyl (C=O) groups is 2. The second-order valence-electron chi connectivity index (χ2n) is 9.45. The Morgan fingerprint density at radius 1 is 0.971 bits per heavy atom. The van der Waals surface area contributed by atoms with Crippen LogP contribution in [0.3, 0.4) is 0 Å². The van der Waals surface area contributed by atoms with Gasteiger partial charge in [-0.25, -0.2) is 4.98 Å². The molecule has 1 aliphatic carbocycles. The van der Waals surface area contributed by atoms with Gasteiger partial charge < -0.3 is 15.2 Å². The quantitative estimate of drug-likeness (QED) is 0.482. The van der Waals surface area contributed by atoms with Crippen LogP contribution in [0.4, 0.5) is 0 Å². The van der Waals surface area contributed by atoms with E-state index in [2.05, 4.69) is 15.3 Å². The summed E-state index contributed by atoms with van der Waals surface area (Å²) in [7, 11) is 0. The first-order valence-corrected chi connectivity index (χ1v) is 13.4. The number of carbonyl (C=O) groups excluding carboxylic acids is 2. The number of rotatable bonds is 6. The van der Waals surface area contributed by atoms with E-state index in [9.17, 15) is 9.59 Å². The Morgan fingerprint density at radius 3 is 2.44 bits per heavy atom. The number of nitrogens with zero attached hydrogens (tertiary/aromatic N) is 2. The maximum Gasteiger partial charge on any atom is 0.251 e. The van der Waals surface area contributed by atoms with Gasteiger partial charge in [-0.2, -0.15) is 0 Å². The molecule has 2 heterocycles. The molecule has 1 aromatic heterocycles. The molecule has 2 fully saturated rings. The molecule has 7 heteroatoms. The van der Waals surface area contributed by atoms with Crippen molar-refractivity contribution in [2.24, 2.45) is 5.92 Å². The van der Waals surface area contributed by atoms with Gasteiger partial charge in [-0.05, 0) is 55.5 Å². The molecule has 3 aromatic rings. The van der Waals surface area contributed by atoms with E-state index in [0.717, 1.165) is 66.3 Å². The van der Waals surface area contributed by atoms with E-state index < -0.39 is 0 Å². The molecule has 2 amide bonds. The molecule has 5 rings (SSSR count). The first kappa shape index (κ1) is 23.0. The number of H-pyrrole nitrogens is 1. The molecular weight excluding hydrogens is 444 g/mol. The normalized spacial score (nSPS) is 17.7. The van der Waals surface area contributed by atoms with E-state index in [1.54, 1.807) is 11.8 Å². The number of thioether (sulfide) groups is 1. The minimum Gasteiger partial charge on any atom is -0.349 e. The first-order valence-electron chi connectivity index (χ1n) is 12.4. The Morgan fingerprint density at radius 2 is 1.71 bits per heavy atom. The molecule has 178 valence electrons. The van der Waals surface area contributed by atoms with E-state index in [0.29, 0.717) is 11.5 Å². The van der Waals surface area contributed by atoms with Crippen molar-refractivity contribution in [2.75, 3.05) is 13.1 Å². The third-order valence-corrected chi connectivity index (χ3v) is 8.00. The Hall–Kier alpha value is -2.80. The lowest BCUT2D eigenvalue weighted by atomic mass is 9.87. The topological polar surface area (TPSA) is 78.1 Å². The molecular formula is C27H32N4O2S. The zero-order chi connectivity index (χ0) is 23.3. The van der Waals surface area contributed by atoms with Crippen LogP contribution in [0.2, 0.25) is 0 Å². The van der Waals surface area contributed by atoms with Gasteiger partial charge in [-0.15, -0.1) is 0 Å². The molecule has 2 N–H and O–H groups in total. The van der Waals surface area contributed by atoms with Crippen LogP contribution < -0.4 is 5.32 Å². The van der Waals surface area contributed by atoms with Crippen molar-refractivity contribution in [1.29, 1.82) is 0 Å². The Kier molecular flexibility index (Phi) is 7.19. The predicted molar refractivity (Wildman–Crippen MR) is 136 cm³/mol. The fourth-order valence-corrected chi connectivity index (χ4v) is 5.86. The number of piperidine rings is 1. The SMILES string of the molecule is O=C(NC1CCN(C(=O)C2CCCCC2)CC1)c1ccc(CSc2nc3ccccc3[nH]2)cc1. The van der Waals surface area contributed by atoms with Gasteiger partial charge >= 0.3 is 0 Å². The standard InChI is InChI=1S/C27H32N4O2S/c32-25(28-22-14-16-31(17-15-22)26(33)21-6-2-1-3-7-21)20-12-10-19(11-13-20)18-34-27-29-23-8-4-5-9-24(23)30-27/h4-5,8-13,21-22H,1-3,6-7,14-18H2,(H,28,32)(H,29,30). The van der Waals surface area contributed by atoms with Crippen LogP contribution in [0.25, 0.3) is 11.0 Å². The molecule has 6 nitrogen and oxygen atoms in total. The molecule has 0 spiro atoms. The number of aromatic nitrogens is 2. The maximum absolute atomic E-state index is 12.8. The van der Waals surface area contributed by atoms with Crippen LogP contribution >= 0.6 is 11.8 Å². The Bertz CT molecular complexity index is 1100. The number of amides is 2. The lowest BCUT2D eigenvalue weighted by molar-refractivity contribution is -0.137. The van der Waals surface area contributed by atoms with Crippen LogP contribution in [0.1, 0.15) is 60.9 Å². The minimum absolute atomic E-state index is 0.0338. The average Bonchev–Trinajstić information content (AvgIpc) is 3.31. The van der Waals surface area contributed by atoms with Crippen molar-refractivity contribution in [3.63, 3.8) is 0 Å². The Labute approximate surface area is 204 Å². The number of hydrogen-bond acceptors (Lipinski definition) is 4. The van der Waals surface area contributed by atoms with Crippen molar-refractivity contribution in [2.45, 2.75) is 61.9 Å². The monoisotopic (exact) mass is 476 g/mol. The van der Waals surface area contributed by atoms with Crippen molar-refractivity contribution in [3.05, 3.63) is 59.7 Å². The van der Waals surface area contributed by atoms with Gasteiger partial charge in [0.15, 0.2) is 5.16 Å². The molecule has 0 radical (unpaired) electrons. The zero-order valence-corrected chi connectivity index (χ0v) is 20.3. The third-order valence-electron chi connectivity index (χ3n) is 7.06. The summed E-state index contributed by atoms with van der Waals surface area (Å²) in [5.74, 6) is 1.31. The molecule has 2 aromatic carbocycles. The van der Waals surface area contributed by atoms with Gasteiger partial charge in [-0.3, -0.25) is 9.59 Å². The fourth-order valence-electron chi connectivity index (χ4n) is 5.02. The van der Waals surface area contributed by atoms with E-state index in [1.165, 1.54) is 19.3 Å². The van der Waals surface area contributed by atoms with Crippen molar-refractivity contribution in [3.8, 4) is 0 Å². The number of nitrogens with one attached hydrogen (secondary N) is 2. The summed E-state index contributed by atoms with van der Waals surface area (Å²) < 4.78 is 0. The van der Waals surface area contributed by atoms with Crippen LogP contribution in [-0.2, 0) is 10.5 Å².